The van der Waals surface area contributed by atoms with Crippen LogP contribution >= 0.6 is 0 Å². The van der Waals surface area contributed by atoms with Crippen molar-refractivity contribution in [2.75, 3.05) is 31.1 Å². The molecule has 1 aromatic rings. The van der Waals surface area contributed by atoms with Crippen molar-refractivity contribution in [1.29, 1.82) is 5.26 Å². The average molecular weight is 345 g/mol. The monoisotopic (exact) mass is 345 g/mol. The Kier molecular flexibility index (Phi) is 9.30. The van der Waals surface area contributed by atoms with Gasteiger partial charge >= 0.3 is 0 Å². The van der Waals surface area contributed by atoms with E-state index in [4.69, 9.17) is 10.4 Å². The first-order chi connectivity index (χ1) is 12.0. The molecule has 0 heterocycles. The van der Waals surface area contributed by atoms with Gasteiger partial charge < -0.3 is 20.4 Å². The van der Waals surface area contributed by atoms with Gasteiger partial charge in [-0.3, -0.25) is 4.79 Å². The molecule has 0 aliphatic heterocycles. The van der Waals surface area contributed by atoms with Crippen molar-refractivity contribution in [2.24, 2.45) is 0 Å². The van der Waals surface area contributed by atoms with Gasteiger partial charge in [0.2, 0.25) is 0 Å². The van der Waals surface area contributed by atoms with Gasteiger partial charge in [-0.2, -0.15) is 5.26 Å². The Morgan fingerprint density at radius 1 is 1.28 bits per heavy atom. The van der Waals surface area contributed by atoms with Crippen LogP contribution in [0.2, 0.25) is 0 Å². The number of carbonyl (C=O) groups is 1. The van der Waals surface area contributed by atoms with Crippen molar-refractivity contribution < 1.29 is 15.0 Å². The normalized spacial score (nSPS) is 12.4. The lowest BCUT2D eigenvalue weighted by molar-refractivity contribution is -0.117. The molecule has 6 heteroatoms. The van der Waals surface area contributed by atoms with Crippen LogP contribution in [0, 0.1) is 11.3 Å². The van der Waals surface area contributed by atoms with Gasteiger partial charge in [0.1, 0.15) is 11.6 Å². The molecule has 1 atom stereocenters. The van der Waals surface area contributed by atoms with E-state index in [0.29, 0.717) is 0 Å². The van der Waals surface area contributed by atoms with Crippen molar-refractivity contribution in [3.63, 3.8) is 0 Å². The fourth-order valence-corrected chi connectivity index (χ4v) is 2.38. The van der Waals surface area contributed by atoms with Crippen LogP contribution in [-0.4, -0.2) is 48.5 Å². The van der Waals surface area contributed by atoms with Crippen LogP contribution < -0.4 is 10.2 Å². The molecule has 0 radical (unpaired) electrons. The number of nitrogens with zero attached hydrogens (tertiary/aromatic N) is 2. The fraction of sp³-hybridized carbons (Fsp3) is 0.474. The van der Waals surface area contributed by atoms with Crippen LogP contribution in [0.15, 0.2) is 29.8 Å². The van der Waals surface area contributed by atoms with E-state index in [1.165, 1.54) is 6.08 Å². The maximum atomic E-state index is 11.9. The molecule has 25 heavy (non-hydrogen) atoms. The molecule has 1 amide bonds. The highest BCUT2D eigenvalue weighted by Gasteiger charge is 2.11. The standard InChI is InChI=1S/C19H27N3O3/c1-3-9-22(10-4-2)17-7-5-15(6-8-17)11-16(12-20)19(25)21-13-18(24)14-23/h5-8,11,18,23-24H,3-4,9-10,13-14H2,1-2H3,(H,21,25)/b16-11+. The first-order valence-electron chi connectivity index (χ1n) is 8.59. The molecule has 3 N–H and O–H groups in total. The minimum atomic E-state index is -1.04. The van der Waals surface area contributed by atoms with Crippen molar-refractivity contribution in [1.82, 2.24) is 5.32 Å². The van der Waals surface area contributed by atoms with E-state index < -0.39 is 18.6 Å². The summed E-state index contributed by atoms with van der Waals surface area (Å²) in [6.45, 7) is 5.72. The first kappa shape index (κ1) is 20.7. The molecule has 1 rings (SSSR count). The minimum absolute atomic E-state index is 0.0446. The second kappa shape index (κ2) is 11.2. The number of aliphatic hydroxyl groups is 2. The third-order valence-electron chi connectivity index (χ3n) is 3.63. The molecule has 136 valence electrons. The summed E-state index contributed by atoms with van der Waals surface area (Å²) in [6, 6.07) is 9.59. The summed E-state index contributed by atoms with van der Waals surface area (Å²) in [5, 5.41) is 29.6. The first-order valence-corrected chi connectivity index (χ1v) is 8.59. The number of hydrogen-bond acceptors (Lipinski definition) is 5. The number of hydrogen-bond donors (Lipinski definition) is 3. The number of amides is 1. The molecule has 0 fully saturated rings. The number of nitriles is 1. The number of rotatable bonds is 10. The lowest BCUT2D eigenvalue weighted by Gasteiger charge is -2.23. The van der Waals surface area contributed by atoms with Crippen molar-refractivity contribution in [3.05, 3.63) is 35.4 Å². The van der Waals surface area contributed by atoms with Gasteiger partial charge in [0, 0.05) is 25.3 Å². The number of nitrogens with one attached hydrogen (secondary N) is 1. The summed E-state index contributed by atoms with van der Waals surface area (Å²) < 4.78 is 0. The third kappa shape index (κ3) is 6.96. The van der Waals surface area contributed by atoms with Crippen LogP contribution in [0.4, 0.5) is 5.69 Å². The Hall–Kier alpha value is -2.36. The predicted molar refractivity (Wildman–Crippen MR) is 98.9 cm³/mol. The van der Waals surface area contributed by atoms with Gasteiger partial charge in [0.05, 0.1) is 12.7 Å². The van der Waals surface area contributed by atoms with E-state index in [9.17, 15) is 9.90 Å². The highest BCUT2D eigenvalue weighted by atomic mass is 16.3. The molecule has 0 aliphatic rings. The van der Waals surface area contributed by atoms with Crippen LogP contribution in [-0.2, 0) is 4.79 Å². The maximum Gasteiger partial charge on any atom is 0.262 e. The van der Waals surface area contributed by atoms with Gasteiger partial charge in [-0.1, -0.05) is 26.0 Å². The second-order valence-corrected chi connectivity index (χ2v) is 5.79. The zero-order valence-electron chi connectivity index (χ0n) is 14.9. The Balaban J connectivity index is 2.83. The van der Waals surface area contributed by atoms with Gasteiger partial charge in [-0.25, -0.2) is 0 Å². The quantitative estimate of drug-likeness (QED) is 0.443. The van der Waals surface area contributed by atoms with Crippen LogP contribution in [0.3, 0.4) is 0 Å². The highest BCUT2D eigenvalue weighted by molar-refractivity contribution is 6.01. The maximum absolute atomic E-state index is 11.9. The number of aliphatic hydroxyl groups excluding tert-OH is 2. The second-order valence-electron chi connectivity index (χ2n) is 5.79. The van der Waals surface area contributed by atoms with E-state index in [0.717, 1.165) is 37.2 Å². The Morgan fingerprint density at radius 2 is 1.88 bits per heavy atom. The average Bonchev–Trinajstić information content (AvgIpc) is 2.64. The van der Waals surface area contributed by atoms with Gasteiger partial charge in [0.15, 0.2) is 0 Å². The van der Waals surface area contributed by atoms with E-state index in [1.807, 2.05) is 30.3 Å². The SMILES string of the molecule is CCCN(CCC)c1ccc(/C=C(\C#N)C(=O)NCC(O)CO)cc1. The lowest BCUT2D eigenvalue weighted by atomic mass is 10.1. The summed E-state index contributed by atoms with van der Waals surface area (Å²) in [6.07, 6.45) is 2.61. The highest BCUT2D eigenvalue weighted by Crippen LogP contribution is 2.17. The van der Waals surface area contributed by atoms with Crippen LogP contribution in [0.1, 0.15) is 32.3 Å². The lowest BCUT2D eigenvalue weighted by Crippen LogP contribution is -2.34. The number of benzene rings is 1. The van der Waals surface area contributed by atoms with Gasteiger partial charge in [0.25, 0.3) is 5.91 Å². The summed E-state index contributed by atoms with van der Waals surface area (Å²) in [5.74, 6) is -0.572. The number of anilines is 1. The van der Waals surface area contributed by atoms with E-state index >= 15 is 0 Å². The van der Waals surface area contributed by atoms with Crippen molar-refractivity contribution in [2.45, 2.75) is 32.8 Å². The molecule has 0 aliphatic carbocycles. The molecular weight excluding hydrogens is 318 g/mol. The largest absolute Gasteiger partial charge is 0.394 e. The molecule has 0 aromatic heterocycles. The predicted octanol–water partition coefficient (Wildman–Crippen LogP) is 1.69. The molecule has 0 bridgehead atoms. The van der Waals surface area contributed by atoms with Gasteiger partial charge in [-0.05, 0) is 36.6 Å². The summed E-state index contributed by atoms with van der Waals surface area (Å²) in [7, 11) is 0. The molecule has 1 unspecified atom stereocenters. The summed E-state index contributed by atoms with van der Waals surface area (Å²) in [5.41, 5.74) is 1.83. The third-order valence-corrected chi connectivity index (χ3v) is 3.63. The molecule has 6 nitrogen and oxygen atoms in total. The zero-order valence-corrected chi connectivity index (χ0v) is 14.9. The topological polar surface area (TPSA) is 96.6 Å². The zero-order chi connectivity index (χ0) is 18.7. The van der Waals surface area contributed by atoms with E-state index in [1.54, 1.807) is 0 Å². The molecule has 0 saturated heterocycles. The van der Waals surface area contributed by atoms with E-state index in [-0.39, 0.29) is 12.1 Å². The minimum Gasteiger partial charge on any atom is -0.394 e. The fourth-order valence-electron chi connectivity index (χ4n) is 2.38. The Morgan fingerprint density at radius 3 is 2.36 bits per heavy atom. The summed E-state index contributed by atoms with van der Waals surface area (Å²) in [4.78, 5) is 14.2. The molecule has 0 saturated carbocycles. The Labute approximate surface area is 149 Å². The van der Waals surface area contributed by atoms with Gasteiger partial charge in [-0.15, -0.1) is 0 Å². The molecule has 0 spiro atoms. The molecular formula is C19H27N3O3. The van der Waals surface area contributed by atoms with E-state index in [2.05, 4.69) is 24.1 Å². The van der Waals surface area contributed by atoms with Crippen molar-refractivity contribution in [3.8, 4) is 6.07 Å². The Bertz CT molecular complexity index is 599. The number of carbonyl (C=O) groups excluding carboxylic acids is 1. The summed E-state index contributed by atoms with van der Waals surface area (Å²) >= 11 is 0. The van der Waals surface area contributed by atoms with Crippen molar-refractivity contribution >= 4 is 17.7 Å². The molecule has 1 aromatic carbocycles. The van der Waals surface area contributed by atoms with Crippen LogP contribution in [0.25, 0.3) is 6.08 Å². The smallest absolute Gasteiger partial charge is 0.262 e. The van der Waals surface area contributed by atoms with Crippen LogP contribution in [0.5, 0.6) is 0 Å².